The summed E-state index contributed by atoms with van der Waals surface area (Å²) in [4.78, 5) is 7.52. The van der Waals surface area contributed by atoms with Crippen LogP contribution in [0, 0.1) is 11.7 Å². The fourth-order valence-corrected chi connectivity index (χ4v) is 2.13. The number of nitrogens with one attached hydrogen (secondary N) is 2. The minimum Gasteiger partial charge on any atom is -0.394 e. The molecule has 0 fully saturated rings. The molecule has 1 heterocycles. The van der Waals surface area contributed by atoms with E-state index in [9.17, 15) is 22.7 Å². The molecule has 1 aromatic heterocycles. The zero-order valence-electron chi connectivity index (χ0n) is 14.3. The van der Waals surface area contributed by atoms with Crippen LogP contribution in [0.2, 0.25) is 0 Å². The van der Waals surface area contributed by atoms with Crippen molar-refractivity contribution in [1.82, 2.24) is 9.97 Å². The van der Waals surface area contributed by atoms with E-state index < -0.39 is 23.7 Å². The van der Waals surface area contributed by atoms with Gasteiger partial charge in [0.1, 0.15) is 11.6 Å². The van der Waals surface area contributed by atoms with Crippen LogP contribution in [0.5, 0.6) is 0 Å². The van der Waals surface area contributed by atoms with Crippen LogP contribution in [0.3, 0.4) is 0 Å². The van der Waals surface area contributed by atoms with Gasteiger partial charge in [-0.2, -0.15) is 18.2 Å². The van der Waals surface area contributed by atoms with Crippen LogP contribution >= 0.6 is 0 Å². The minimum atomic E-state index is -4.64. The van der Waals surface area contributed by atoms with Crippen LogP contribution in [0.1, 0.15) is 25.1 Å². The van der Waals surface area contributed by atoms with E-state index in [2.05, 4.69) is 20.6 Å². The van der Waals surface area contributed by atoms with Gasteiger partial charge in [0, 0.05) is 12.6 Å². The van der Waals surface area contributed by atoms with Crippen molar-refractivity contribution in [3.63, 3.8) is 0 Å². The molecule has 0 aliphatic carbocycles. The Hall–Kier alpha value is -2.42. The molecule has 3 N–H and O–H groups in total. The van der Waals surface area contributed by atoms with Crippen LogP contribution in [-0.2, 0) is 12.7 Å². The molecule has 142 valence electrons. The molecule has 5 nitrogen and oxygen atoms in total. The summed E-state index contributed by atoms with van der Waals surface area (Å²) < 4.78 is 52.2. The van der Waals surface area contributed by atoms with E-state index in [4.69, 9.17) is 0 Å². The number of hydrogen-bond donors (Lipinski definition) is 3. The summed E-state index contributed by atoms with van der Waals surface area (Å²) in [6.07, 6.45) is -4.64. The molecule has 0 aliphatic heterocycles. The molecular formula is C17H20F4N4O. The van der Waals surface area contributed by atoms with Gasteiger partial charge in [0.25, 0.3) is 0 Å². The zero-order chi connectivity index (χ0) is 19.3. The maximum atomic E-state index is 13.1. The quantitative estimate of drug-likeness (QED) is 0.647. The topological polar surface area (TPSA) is 70.1 Å². The second-order valence-corrected chi connectivity index (χ2v) is 6.12. The lowest BCUT2D eigenvalue weighted by atomic mass is 10.1. The van der Waals surface area contributed by atoms with Gasteiger partial charge in [-0.25, -0.2) is 9.37 Å². The molecule has 0 amide bonds. The second kappa shape index (κ2) is 8.31. The first-order chi connectivity index (χ1) is 12.2. The minimum absolute atomic E-state index is 0.0282. The molecule has 9 heteroatoms. The number of aromatic nitrogens is 2. The van der Waals surface area contributed by atoms with Gasteiger partial charge < -0.3 is 15.7 Å². The highest BCUT2D eigenvalue weighted by atomic mass is 19.4. The summed E-state index contributed by atoms with van der Waals surface area (Å²) in [5.74, 6) is -0.687. The number of rotatable bonds is 7. The number of hydrogen-bond acceptors (Lipinski definition) is 5. The van der Waals surface area contributed by atoms with Crippen molar-refractivity contribution in [2.45, 2.75) is 32.6 Å². The second-order valence-electron chi connectivity index (χ2n) is 6.12. The first kappa shape index (κ1) is 19.9. The summed E-state index contributed by atoms with van der Waals surface area (Å²) in [5, 5.41) is 14.8. The highest BCUT2D eigenvalue weighted by Gasteiger charge is 2.34. The number of anilines is 2. The van der Waals surface area contributed by atoms with Gasteiger partial charge in [-0.3, -0.25) is 0 Å². The van der Waals surface area contributed by atoms with Crippen LogP contribution in [0.4, 0.5) is 29.3 Å². The van der Waals surface area contributed by atoms with Crippen LogP contribution in [-0.4, -0.2) is 27.7 Å². The Bertz CT molecular complexity index is 720. The molecule has 0 saturated carbocycles. The molecule has 1 aromatic carbocycles. The molecule has 2 aromatic rings. The van der Waals surface area contributed by atoms with Crippen LogP contribution in [0.15, 0.2) is 30.3 Å². The molecular weight excluding hydrogens is 352 g/mol. The fraction of sp³-hybridized carbons (Fsp3) is 0.412. The molecule has 0 aliphatic rings. The number of alkyl halides is 3. The van der Waals surface area contributed by atoms with Gasteiger partial charge in [0.15, 0.2) is 5.69 Å². The predicted molar refractivity (Wildman–Crippen MR) is 90.1 cm³/mol. The summed E-state index contributed by atoms with van der Waals surface area (Å²) >= 11 is 0. The molecule has 0 saturated heterocycles. The average Bonchev–Trinajstić information content (AvgIpc) is 2.58. The van der Waals surface area contributed by atoms with Crippen molar-refractivity contribution in [1.29, 1.82) is 0 Å². The van der Waals surface area contributed by atoms with Crippen LogP contribution < -0.4 is 10.6 Å². The lowest BCUT2D eigenvalue weighted by Crippen LogP contribution is -2.30. The Morgan fingerprint density at radius 1 is 1.12 bits per heavy atom. The molecule has 1 atom stereocenters. The monoisotopic (exact) mass is 372 g/mol. The maximum Gasteiger partial charge on any atom is 0.433 e. The van der Waals surface area contributed by atoms with Crippen molar-refractivity contribution in [3.05, 3.63) is 47.4 Å². The number of aliphatic hydroxyl groups is 1. The van der Waals surface area contributed by atoms with E-state index in [1.165, 1.54) is 24.3 Å². The number of benzene rings is 1. The Morgan fingerprint density at radius 3 is 2.31 bits per heavy atom. The zero-order valence-corrected chi connectivity index (χ0v) is 14.3. The Balaban J connectivity index is 2.23. The van der Waals surface area contributed by atoms with Gasteiger partial charge >= 0.3 is 6.18 Å². The van der Waals surface area contributed by atoms with Crippen molar-refractivity contribution in [3.8, 4) is 0 Å². The lowest BCUT2D eigenvalue weighted by Gasteiger charge is -2.21. The third-order valence-electron chi connectivity index (χ3n) is 3.72. The number of halogens is 4. The first-order valence-electron chi connectivity index (χ1n) is 8.01. The number of aliphatic hydroxyl groups excluding tert-OH is 1. The van der Waals surface area contributed by atoms with Gasteiger partial charge in [0.05, 0.1) is 12.6 Å². The maximum absolute atomic E-state index is 13.1. The van der Waals surface area contributed by atoms with E-state index in [1.807, 2.05) is 13.8 Å². The van der Waals surface area contributed by atoms with Gasteiger partial charge in [-0.05, 0) is 23.6 Å². The molecule has 2 rings (SSSR count). The van der Waals surface area contributed by atoms with E-state index in [0.29, 0.717) is 5.56 Å². The normalized spacial score (nSPS) is 12.9. The largest absolute Gasteiger partial charge is 0.433 e. The standard InChI is InChI=1S/C17H20F4N4O/c1-10(2)13(9-26)23-16-24-14(17(19,20)21)7-15(25-16)22-8-11-3-5-12(18)6-4-11/h3-7,10,13,26H,8-9H2,1-2H3,(H2,22,23,24,25)/t13-/m1/s1. The van der Waals surface area contributed by atoms with E-state index in [0.717, 1.165) is 6.07 Å². The van der Waals surface area contributed by atoms with Gasteiger partial charge in [0.2, 0.25) is 5.95 Å². The molecule has 26 heavy (non-hydrogen) atoms. The first-order valence-corrected chi connectivity index (χ1v) is 8.01. The Morgan fingerprint density at radius 2 is 1.77 bits per heavy atom. The van der Waals surface area contributed by atoms with Crippen molar-refractivity contribution >= 4 is 11.8 Å². The van der Waals surface area contributed by atoms with Crippen LogP contribution in [0.25, 0.3) is 0 Å². The smallest absolute Gasteiger partial charge is 0.394 e. The highest BCUT2D eigenvalue weighted by Crippen LogP contribution is 2.30. The summed E-state index contributed by atoms with van der Waals surface area (Å²) in [6, 6.07) is 5.89. The van der Waals surface area contributed by atoms with Gasteiger partial charge in [-0.15, -0.1) is 0 Å². The number of nitrogens with zero attached hydrogens (tertiary/aromatic N) is 2. The molecule has 0 unspecified atom stereocenters. The molecule has 0 radical (unpaired) electrons. The van der Waals surface area contributed by atoms with E-state index in [-0.39, 0.29) is 30.8 Å². The molecule has 0 bridgehead atoms. The Kier molecular flexibility index (Phi) is 6.36. The summed E-state index contributed by atoms with van der Waals surface area (Å²) in [7, 11) is 0. The third-order valence-corrected chi connectivity index (χ3v) is 3.72. The Labute approximate surface area is 148 Å². The summed E-state index contributed by atoms with van der Waals surface area (Å²) in [6.45, 7) is 3.53. The van der Waals surface area contributed by atoms with Crippen molar-refractivity contribution in [2.75, 3.05) is 17.2 Å². The highest BCUT2D eigenvalue weighted by molar-refractivity contribution is 5.44. The summed E-state index contributed by atoms with van der Waals surface area (Å²) in [5.41, 5.74) is -0.416. The third kappa shape index (κ3) is 5.55. The lowest BCUT2D eigenvalue weighted by molar-refractivity contribution is -0.141. The average molecular weight is 372 g/mol. The molecule has 0 spiro atoms. The van der Waals surface area contributed by atoms with Crippen molar-refractivity contribution < 1.29 is 22.7 Å². The van der Waals surface area contributed by atoms with Crippen molar-refractivity contribution in [2.24, 2.45) is 5.92 Å². The predicted octanol–water partition coefficient (Wildman–Crippen LogP) is 3.68. The van der Waals surface area contributed by atoms with E-state index >= 15 is 0 Å². The van der Waals surface area contributed by atoms with E-state index in [1.54, 1.807) is 0 Å². The fourth-order valence-electron chi connectivity index (χ4n) is 2.13. The van der Waals surface area contributed by atoms with Gasteiger partial charge in [-0.1, -0.05) is 26.0 Å². The SMILES string of the molecule is CC(C)[C@@H](CO)Nc1nc(NCc2ccc(F)cc2)cc(C(F)(F)F)n1.